The minimum absolute atomic E-state index is 0.220. The molecule has 3 N–H and O–H groups in total. The molecule has 0 saturated carbocycles. The van der Waals surface area contributed by atoms with Gasteiger partial charge in [-0.05, 0) is 18.2 Å². The van der Waals surface area contributed by atoms with Gasteiger partial charge < -0.3 is 15.6 Å². The number of hydrogen-bond acceptors (Lipinski definition) is 3. The summed E-state index contributed by atoms with van der Waals surface area (Å²) in [6.45, 7) is 0.220. The van der Waals surface area contributed by atoms with E-state index in [1.165, 1.54) is 18.2 Å². The molecule has 0 fully saturated rings. The molecule has 1 aromatic carbocycles. The fraction of sp³-hybridized carbons (Fsp3) is 0.333. The molecule has 0 radical (unpaired) electrons. The number of benzene rings is 1. The van der Waals surface area contributed by atoms with Crippen molar-refractivity contribution < 1.29 is 14.2 Å². The number of aliphatic hydroxyl groups excluding tert-OH is 1. The van der Waals surface area contributed by atoms with Crippen molar-refractivity contribution >= 4 is 0 Å². The van der Waals surface area contributed by atoms with Gasteiger partial charge in [0.05, 0.1) is 0 Å². The number of hydrogen-bond donors (Lipinski definition) is 2. The summed E-state index contributed by atoms with van der Waals surface area (Å²) in [7, 11) is 0. The van der Waals surface area contributed by atoms with Crippen molar-refractivity contribution in [1.82, 2.24) is 0 Å². The molecule has 3 nitrogen and oxygen atoms in total. The second-order valence-corrected chi connectivity index (χ2v) is 3.02. The fourth-order valence-electron chi connectivity index (χ4n) is 1.46. The molecule has 2 rings (SSSR count). The number of fused-ring (bicyclic) bond motifs is 1. The molecule has 2 unspecified atom stereocenters. The highest BCUT2D eigenvalue weighted by molar-refractivity contribution is 5.40. The van der Waals surface area contributed by atoms with E-state index in [1.54, 1.807) is 0 Å². The highest BCUT2D eigenvalue weighted by atomic mass is 19.1. The van der Waals surface area contributed by atoms with Gasteiger partial charge in [-0.25, -0.2) is 4.39 Å². The Labute approximate surface area is 74.9 Å². The fourth-order valence-corrected chi connectivity index (χ4v) is 1.46. The zero-order valence-corrected chi connectivity index (χ0v) is 6.90. The van der Waals surface area contributed by atoms with Crippen molar-refractivity contribution in [3.8, 4) is 5.75 Å². The van der Waals surface area contributed by atoms with Crippen LogP contribution in [-0.4, -0.2) is 17.8 Å². The number of ether oxygens (including phenoxy) is 1. The summed E-state index contributed by atoms with van der Waals surface area (Å²) in [5, 5.41) is 9.59. The van der Waals surface area contributed by atoms with Crippen LogP contribution in [0.25, 0.3) is 0 Å². The summed E-state index contributed by atoms with van der Waals surface area (Å²) in [4.78, 5) is 0. The van der Waals surface area contributed by atoms with Crippen LogP contribution in [0, 0.1) is 5.82 Å². The van der Waals surface area contributed by atoms with Crippen LogP contribution in [-0.2, 0) is 0 Å². The Morgan fingerprint density at radius 2 is 2.31 bits per heavy atom. The molecule has 1 aromatic rings. The predicted octanol–water partition coefficient (Wildman–Crippen LogP) is 0.579. The maximum atomic E-state index is 12.8. The quantitative estimate of drug-likeness (QED) is 0.669. The van der Waals surface area contributed by atoms with Crippen molar-refractivity contribution in [1.29, 1.82) is 0 Å². The van der Waals surface area contributed by atoms with Crippen molar-refractivity contribution in [2.24, 2.45) is 5.73 Å². The van der Waals surface area contributed by atoms with Crippen molar-refractivity contribution in [3.63, 3.8) is 0 Å². The van der Waals surface area contributed by atoms with Gasteiger partial charge in [0.2, 0.25) is 0 Å². The molecule has 4 heteroatoms. The minimum atomic E-state index is -0.810. The molecule has 0 saturated heterocycles. The van der Waals surface area contributed by atoms with E-state index in [0.717, 1.165) is 0 Å². The van der Waals surface area contributed by atoms with Gasteiger partial charge >= 0.3 is 0 Å². The Bertz CT molecular complexity index is 329. The van der Waals surface area contributed by atoms with E-state index in [0.29, 0.717) is 11.3 Å². The Morgan fingerprint density at radius 1 is 1.54 bits per heavy atom. The van der Waals surface area contributed by atoms with Crippen LogP contribution in [0.15, 0.2) is 18.2 Å². The van der Waals surface area contributed by atoms with Crippen LogP contribution in [0.3, 0.4) is 0 Å². The van der Waals surface area contributed by atoms with E-state index >= 15 is 0 Å². The van der Waals surface area contributed by atoms with Crippen molar-refractivity contribution in [3.05, 3.63) is 29.6 Å². The predicted molar refractivity (Wildman–Crippen MR) is 44.8 cm³/mol. The number of nitrogens with two attached hydrogens (primary N) is 1. The molecule has 0 bridgehead atoms. The van der Waals surface area contributed by atoms with Crippen LogP contribution in [0.1, 0.15) is 11.7 Å². The van der Waals surface area contributed by atoms with Crippen molar-refractivity contribution in [2.45, 2.75) is 12.2 Å². The highest BCUT2D eigenvalue weighted by Crippen LogP contribution is 2.36. The molecule has 1 heterocycles. The summed E-state index contributed by atoms with van der Waals surface area (Å²) >= 11 is 0. The Morgan fingerprint density at radius 3 is 3.00 bits per heavy atom. The third kappa shape index (κ3) is 1.28. The molecule has 0 amide bonds. The number of aliphatic hydroxyl groups is 1. The van der Waals surface area contributed by atoms with Gasteiger partial charge in [-0.15, -0.1) is 0 Å². The zero-order valence-electron chi connectivity index (χ0n) is 6.90. The standard InChI is InChI=1S/C9H10FNO2/c10-5-1-2-7-6(3-5)9(12)8(4-11)13-7/h1-3,8-9,12H,4,11H2. The summed E-state index contributed by atoms with van der Waals surface area (Å²) in [6, 6.07) is 4.07. The van der Waals surface area contributed by atoms with Gasteiger partial charge in [-0.2, -0.15) is 0 Å². The molecule has 0 spiro atoms. The van der Waals surface area contributed by atoms with Gasteiger partial charge in [0, 0.05) is 12.1 Å². The average Bonchev–Trinajstić information content (AvgIpc) is 2.44. The molecular formula is C9H10FNO2. The van der Waals surface area contributed by atoms with E-state index in [2.05, 4.69) is 0 Å². The lowest BCUT2D eigenvalue weighted by Crippen LogP contribution is -2.28. The lowest BCUT2D eigenvalue weighted by molar-refractivity contribution is 0.0731. The van der Waals surface area contributed by atoms with E-state index in [-0.39, 0.29) is 12.4 Å². The second-order valence-electron chi connectivity index (χ2n) is 3.02. The molecule has 2 atom stereocenters. The first-order valence-corrected chi connectivity index (χ1v) is 4.06. The van der Waals surface area contributed by atoms with Crippen LogP contribution in [0.2, 0.25) is 0 Å². The third-order valence-electron chi connectivity index (χ3n) is 2.15. The highest BCUT2D eigenvalue weighted by Gasteiger charge is 2.31. The molecule has 70 valence electrons. The first-order chi connectivity index (χ1) is 6.22. The lowest BCUT2D eigenvalue weighted by atomic mass is 10.1. The summed E-state index contributed by atoms with van der Waals surface area (Å²) in [6.07, 6.45) is -1.26. The van der Waals surface area contributed by atoms with Gasteiger partial charge in [-0.3, -0.25) is 0 Å². The average molecular weight is 183 g/mol. The van der Waals surface area contributed by atoms with Crippen LogP contribution in [0.4, 0.5) is 4.39 Å². The summed E-state index contributed by atoms with van der Waals surface area (Å²) in [5.74, 6) is 0.142. The Balaban J connectivity index is 2.39. The van der Waals surface area contributed by atoms with E-state index in [1.807, 2.05) is 0 Å². The molecule has 0 aliphatic carbocycles. The Hall–Kier alpha value is -1.13. The maximum absolute atomic E-state index is 12.8. The maximum Gasteiger partial charge on any atom is 0.141 e. The largest absolute Gasteiger partial charge is 0.486 e. The number of halogens is 1. The normalized spacial score (nSPS) is 25.5. The van der Waals surface area contributed by atoms with Gasteiger partial charge in [0.15, 0.2) is 0 Å². The van der Waals surface area contributed by atoms with Gasteiger partial charge in [-0.1, -0.05) is 0 Å². The number of rotatable bonds is 1. The molecule has 0 aromatic heterocycles. The second kappa shape index (κ2) is 2.97. The Kier molecular flexibility index (Phi) is 1.94. The van der Waals surface area contributed by atoms with Crippen LogP contribution in [0.5, 0.6) is 5.75 Å². The molecular weight excluding hydrogens is 173 g/mol. The van der Waals surface area contributed by atoms with Crippen LogP contribution < -0.4 is 10.5 Å². The van der Waals surface area contributed by atoms with Crippen LogP contribution >= 0.6 is 0 Å². The first-order valence-electron chi connectivity index (χ1n) is 4.06. The molecule has 1 aliphatic heterocycles. The van der Waals surface area contributed by atoms with Crippen molar-refractivity contribution in [2.75, 3.05) is 6.54 Å². The summed E-state index contributed by atoms with van der Waals surface area (Å²) in [5.41, 5.74) is 5.84. The lowest BCUT2D eigenvalue weighted by Gasteiger charge is -2.10. The third-order valence-corrected chi connectivity index (χ3v) is 2.15. The molecule has 13 heavy (non-hydrogen) atoms. The smallest absolute Gasteiger partial charge is 0.141 e. The van der Waals surface area contributed by atoms with Gasteiger partial charge in [0.25, 0.3) is 0 Å². The molecule has 1 aliphatic rings. The van der Waals surface area contributed by atoms with E-state index in [9.17, 15) is 9.50 Å². The first kappa shape index (κ1) is 8.47. The van der Waals surface area contributed by atoms with Gasteiger partial charge in [0.1, 0.15) is 23.8 Å². The van der Waals surface area contributed by atoms with E-state index < -0.39 is 12.2 Å². The summed E-state index contributed by atoms with van der Waals surface area (Å²) < 4.78 is 18.1. The monoisotopic (exact) mass is 183 g/mol. The SMILES string of the molecule is NCC1Oc2ccc(F)cc2C1O. The minimum Gasteiger partial charge on any atom is -0.486 e. The van der Waals surface area contributed by atoms with E-state index in [4.69, 9.17) is 10.5 Å². The zero-order chi connectivity index (χ0) is 9.42. The topological polar surface area (TPSA) is 55.5 Å².